The van der Waals surface area contributed by atoms with E-state index in [9.17, 15) is 9.59 Å². The van der Waals surface area contributed by atoms with Gasteiger partial charge in [0.2, 0.25) is 0 Å². The summed E-state index contributed by atoms with van der Waals surface area (Å²) in [5.41, 5.74) is 5.94. The number of hydrogen-bond acceptors (Lipinski definition) is 4. The fraction of sp³-hybridized carbons (Fsp3) is 0.333. The molecular formula is C12H15ClN2O3. The van der Waals surface area contributed by atoms with E-state index >= 15 is 0 Å². The van der Waals surface area contributed by atoms with Crippen molar-refractivity contribution in [1.29, 1.82) is 0 Å². The fourth-order valence-corrected chi connectivity index (χ4v) is 1.61. The normalized spacial score (nSPS) is 11.7. The summed E-state index contributed by atoms with van der Waals surface area (Å²) in [5.74, 6) is -1.08. The maximum absolute atomic E-state index is 11.8. The van der Waals surface area contributed by atoms with Gasteiger partial charge in [-0.3, -0.25) is 4.79 Å². The molecule has 1 unspecified atom stereocenters. The summed E-state index contributed by atoms with van der Waals surface area (Å²) in [6.45, 7) is 3.73. The molecule has 3 N–H and O–H groups in total. The fourth-order valence-electron chi connectivity index (χ4n) is 1.35. The molecule has 1 atom stereocenters. The molecule has 0 aromatic heterocycles. The van der Waals surface area contributed by atoms with E-state index in [4.69, 9.17) is 22.1 Å². The Morgan fingerprint density at radius 2 is 2.17 bits per heavy atom. The number of ether oxygens (including phenoxy) is 1. The molecule has 0 fully saturated rings. The summed E-state index contributed by atoms with van der Waals surface area (Å²) in [4.78, 5) is 23.3. The highest BCUT2D eigenvalue weighted by molar-refractivity contribution is 6.34. The van der Waals surface area contributed by atoms with Crippen LogP contribution in [0.3, 0.4) is 0 Å². The van der Waals surface area contributed by atoms with Gasteiger partial charge in [0.25, 0.3) is 5.91 Å². The van der Waals surface area contributed by atoms with Crippen molar-refractivity contribution in [3.8, 4) is 0 Å². The van der Waals surface area contributed by atoms with Crippen LogP contribution >= 0.6 is 11.6 Å². The Morgan fingerprint density at radius 3 is 2.72 bits per heavy atom. The minimum atomic E-state index is -0.895. The second-order valence-electron chi connectivity index (χ2n) is 3.65. The number of rotatable bonds is 4. The van der Waals surface area contributed by atoms with Crippen molar-refractivity contribution in [2.45, 2.75) is 20.0 Å². The monoisotopic (exact) mass is 270 g/mol. The molecule has 0 bridgehead atoms. The van der Waals surface area contributed by atoms with Gasteiger partial charge in [-0.25, -0.2) is 4.79 Å². The summed E-state index contributed by atoms with van der Waals surface area (Å²) in [5, 5.41) is 2.75. The van der Waals surface area contributed by atoms with Gasteiger partial charge in [-0.05, 0) is 26.0 Å². The number of carbonyl (C=O) groups excluding carboxylic acids is 2. The molecule has 1 rings (SSSR count). The number of anilines is 1. The van der Waals surface area contributed by atoms with Crippen LogP contribution in [-0.4, -0.2) is 24.5 Å². The van der Waals surface area contributed by atoms with Crippen LogP contribution < -0.4 is 11.1 Å². The van der Waals surface area contributed by atoms with Crippen molar-refractivity contribution < 1.29 is 14.3 Å². The third-order valence-corrected chi connectivity index (χ3v) is 2.57. The van der Waals surface area contributed by atoms with Crippen molar-refractivity contribution in [3.63, 3.8) is 0 Å². The van der Waals surface area contributed by atoms with Crippen LogP contribution in [0.15, 0.2) is 18.2 Å². The lowest BCUT2D eigenvalue weighted by atomic mass is 10.2. The average molecular weight is 271 g/mol. The van der Waals surface area contributed by atoms with Crippen LogP contribution in [0.25, 0.3) is 0 Å². The van der Waals surface area contributed by atoms with E-state index in [1.54, 1.807) is 19.1 Å². The quantitative estimate of drug-likeness (QED) is 0.643. The van der Waals surface area contributed by atoms with Gasteiger partial charge in [0.15, 0.2) is 6.10 Å². The zero-order valence-corrected chi connectivity index (χ0v) is 11.0. The zero-order valence-electron chi connectivity index (χ0n) is 10.2. The molecule has 18 heavy (non-hydrogen) atoms. The van der Waals surface area contributed by atoms with Gasteiger partial charge in [-0.1, -0.05) is 17.7 Å². The summed E-state index contributed by atoms with van der Waals surface area (Å²) in [6, 6.07) is 4.70. The molecule has 0 heterocycles. The second kappa shape index (κ2) is 6.26. The van der Waals surface area contributed by atoms with Crippen molar-refractivity contribution in [2.24, 2.45) is 0 Å². The van der Waals surface area contributed by atoms with Crippen LogP contribution in [0.1, 0.15) is 24.2 Å². The Morgan fingerprint density at radius 1 is 1.50 bits per heavy atom. The smallest absolute Gasteiger partial charge is 0.342 e. The number of likely N-dealkylation sites (N-methyl/N-ethyl adjacent to an activating group) is 1. The molecule has 1 amide bonds. The molecule has 0 saturated heterocycles. The van der Waals surface area contributed by atoms with E-state index in [-0.39, 0.29) is 22.2 Å². The van der Waals surface area contributed by atoms with Crippen LogP contribution in [0.2, 0.25) is 5.02 Å². The number of nitrogens with two attached hydrogens (primary N) is 1. The largest absolute Gasteiger partial charge is 0.449 e. The molecule has 1 aromatic carbocycles. The van der Waals surface area contributed by atoms with E-state index in [2.05, 4.69) is 5.32 Å². The van der Waals surface area contributed by atoms with Crippen LogP contribution in [0.4, 0.5) is 5.69 Å². The van der Waals surface area contributed by atoms with Gasteiger partial charge in [0.1, 0.15) is 5.56 Å². The minimum Gasteiger partial charge on any atom is -0.449 e. The standard InChI is InChI=1S/C12H15ClN2O3/c1-3-15-11(16)7(2)18-12(17)10-8(13)5-4-6-9(10)14/h4-7H,3,14H2,1-2H3,(H,15,16). The molecule has 0 spiro atoms. The molecule has 0 saturated carbocycles. The maximum atomic E-state index is 11.8. The minimum absolute atomic E-state index is 0.0790. The number of hydrogen-bond donors (Lipinski definition) is 2. The molecule has 6 heteroatoms. The topological polar surface area (TPSA) is 81.4 Å². The molecule has 0 aliphatic carbocycles. The summed E-state index contributed by atoms with van der Waals surface area (Å²) in [6.07, 6.45) is -0.895. The van der Waals surface area contributed by atoms with Crippen molar-refractivity contribution in [1.82, 2.24) is 5.32 Å². The number of amides is 1. The molecule has 0 radical (unpaired) electrons. The summed E-state index contributed by atoms with van der Waals surface area (Å²) in [7, 11) is 0. The van der Waals surface area contributed by atoms with Crippen LogP contribution in [-0.2, 0) is 9.53 Å². The maximum Gasteiger partial charge on any atom is 0.342 e. The first-order valence-electron chi connectivity index (χ1n) is 5.50. The molecule has 0 aliphatic rings. The first kappa shape index (κ1) is 14.3. The van der Waals surface area contributed by atoms with E-state index in [1.165, 1.54) is 13.0 Å². The third-order valence-electron chi connectivity index (χ3n) is 2.25. The molecular weight excluding hydrogens is 256 g/mol. The lowest BCUT2D eigenvalue weighted by molar-refractivity contribution is -0.128. The number of nitrogen functional groups attached to an aromatic ring is 1. The van der Waals surface area contributed by atoms with Crippen molar-refractivity contribution in [2.75, 3.05) is 12.3 Å². The first-order chi connectivity index (χ1) is 8.47. The predicted octanol–water partition coefficient (Wildman–Crippen LogP) is 1.60. The lowest BCUT2D eigenvalue weighted by Gasteiger charge is -2.14. The number of halogens is 1. The first-order valence-corrected chi connectivity index (χ1v) is 5.87. The van der Waals surface area contributed by atoms with Gasteiger partial charge < -0.3 is 15.8 Å². The van der Waals surface area contributed by atoms with E-state index in [0.717, 1.165) is 0 Å². The predicted molar refractivity (Wildman–Crippen MR) is 69.4 cm³/mol. The zero-order chi connectivity index (χ0) is 13.7. The van der Waals surface area contributed by atoms with Gasteiger partial charge in [-0.15, -0.1) is 0 Å². The Kier molecular flexibility index (Phi) is 4.97. The molecule has 98 valence electrons. The van der Waals surface area contributed by atoms with Crippen molar-refractivity contribution in [3.05, 3.63) is 28.8 Å². The Balaban J connectivity index is 2.80. The third kappa shape index (κ3) is 3.37. The average Bonchev–Trinajstić information content (AvgIpc) is 2.28. The highest BCUT2D eigenvalue weighted by Gasteiger charge is 2.21. The number of nitrogens with one attached hydrogen (secondary N) is 1. The highest BCUT2D eigenvalue weighted by atomic mass is 35.5. The van der Waals surface area contributed by atoms with Crippen molar-refractivity contribution >= 4 is 29.2 Å². The van der Waals surface area contributed by atoms with Crippen LogP contribution in [0, 0.1) is 0 Å². The number of esters is 1. The molecule has 5 nitrogen and oxygen atoms in total. The van der Waals surface area contributed by atoms with E-state index < -0.39 is 12.1 Å². The number of benzene rings is 1. The highest BCUT2D eigenvalue weighted by Crippen LogP contribution is 2.23. The summed E-state index contributed by atoms with van der Waals surface area (Å²) < 4.78 is 5.00. The van der Waals surface area contributed by atoms with Gasteiger partial charge in [-0.2, -0.15) is 0 Å². The molecule has 1 aromatic rings. The Hall–Kier alpha value is -1.75. The SMILES string of the molecule is CCNC(=O)C(C)OC(=O)c1c(N)cccc1Cl. The second-order valence-corrected chi connectivity index (χ2v) is 4.05. The Bertz CT molecular complexity index is 442. The van der Waals surface area contributed by atoms with Gasteiger partial charge in [0.05, 0.1) is 5.02 Å². The van der Waals surface area contributed by atoms with Crippen LogP contribution in [0.5, 0.6) is 0 Å². The van der Waals surface area contributed by atoms with Gasteiger partial charge in [0, 0.05) is 12.2 Å². The summed E-state index contributed by atoms with van der Waals surface area (Å²) >= 11 is 5.87. The van der Waals surface area contributed by atoms with E-state index in [1.807, 2.05) is 0 Å². The van der Waals surface area contributed by atoms with Gasteiger partial charge >= 0.3 is 5.97 Å². The molecule has 0 aliphatic heterocycles. The lowest BCUT2D eigenvalue weighted by Crippen LogP contribution is -2.35. The number of carbonyl (C=O) groups is 2. The Labute approximate surface area is 110 Å². The van der Waals surface area contributed by atoms with E-state index in [0.29, 0.717) is 6.54 Å².